The lowest BCUT2D eigenvalue weighted by Gasteiger charge is -2.21. The van der Waals surface area contributed by atoms with Crippen LogP contribution in [0.4, 0.5) is 0 Å². The summed E-state index contributed by atoms with van der Waals surface area (Å²) in [7, 11) is -3.73. The molecule has 0 heterocycles. The Morgan fingerprint density at radius 1 is 1.10 bits per heavy atom. The van der Waals surface area contributed by atoms with Gasteiger partial charge in [0, 0.05) is 11.1 Å². The quantitative estimate of drug-likeness (QED) is 0.713. The number of carbonyl (C=O) groups is 1. The third kappa shape index (κ3) is 6.30. The zero-order chi connectivity index (χ0) is 21.8. The number of sulfonamides is 1. The zero-order valence-electron chi connectivity index (χ0n) is 17.9. The molecular weight excluding hydrogens is 388 g/mol. The summed E-state index contributed by atoms with van der Waals surface area (Å²) in [5, 5.41) is 2.94. The van der Waals surface area contributed by atoms with E-state index in [1.54, 1.807) is 33.8 Å². The summed E-state index contributed by atoms with van der Waals surface area (Å²) < 4.78 is 33.3. The van der Waals surface area contributed by atoms with Gasteiger partial charge in [0.1, 0.15) is 5.75 Å². The predicted molar refractivity (Wildman–Crippen MR) is 115 cm³/mol. The van der Waals surface area contributed by atoms with Gasteiger partial charge in [0.05, 0.1) is 17.5 Å². The van der Waals surface area contributed by atoms with Crippen LogP contribution < -0.4 is 14.8 Å². The largest absolute Gasteiger partial charge is 0.494 e. The number of nitrogens with one attached hydrogen (secondary N) is 2. The molecular formula is C22H30N2O4S. The molecule has 7 heteroatoms. The molecule has 6 nitrogen and oxygen atoms in total. The van der Waals surface area contributed by atoms with Gasteiger partial charge in [-0.05, 0) is 76.9 Å². The molecule has 0 aliphatic heterocycles. The maximum absolute atomic E-state index is 12.8. The Labute approximate surface area is 173 Å². The Morgan fingerprint density at radius 3 is 2.28 bits per heavy atom. The van der Waals surface area contributed by atoms with E-state index in [0.29, 0.717) is 17.7 Å². The van der Waals surface area contributed by atoms with Crippen LogP contribution in [0.3, 0.4) is 0 Å². The number of hydrogen-bond donors (Lipinski definition) is 2. The van der Waals surface area contributed by atoms with Gasteiger partial charge in [0.15, 0.2) is 0 Å². The van der Waals surface area contributed by atoms with Crippen molar-refractivity contribution >= 4 is 15.9 Å². The average Bonchev–Trinajstić information content (AvgIpc) is 2.60. The van der Waals surface area contributed by atoms with Crippen LogP contribution in [-0.2, 0) is 10.0 Å². The first-order valence-corrected chi connectivity index (χ1v) is 11.1. The molecule has 0 aliphatic rings. The van der Waals surface area contributed by atoms with E-state index in [1.165, 1.54) is 12.1 Å². The number of carbonyl (C=O) groups excluding carboxylic acids is 1. The Morgan fingerprint density at radius 2 is 1.72 bits per heavy atom. The molecule has 0 saturated carbocycles. The molecule has 0 saturated heterocycles. The van der Waals surface area contributed by atoms with Crippen molar-refractivity contribution in [2.24, 2.45) is 0 Å². The van der Waals surface area contributed by atoms with E-state index in [4.69, 9.17) is 4.74 Å². The number of hydrogen-bond acceptors (Lipinski definition) is 4. The minimum Gasteiger partial charge on any atom is -0.494 e. The standard InChI is InChI=1S/C22H30N2O4S/c1-7-28-18-11-9-17(10-12-18)16(3)23-21(25)20-14-19(13-8-15(20)2)29(26,27)24-22(4,5)6/h8-14,16,24H,7H2,1-6H3,(H,23,25). The fourth-order valence-electron chi connectivity index (χ4n) is 2.85. The van der Waals surface area contributed by atoms with Gasteiger partial charge in [-0.1, -0.05) is 18.2 Å². The van der Waals surface area contributed by atoms with Gasteiger partial charge in [-0.3, -0.25) is 4.79 Å². The first-order chi connectivity index (χ1) is 13.4. The second kappa shape index (κ2) is 8.97. The Balaban J connectivity index is 2.22. The second-order valence-corrected chi connectivity index (χ2v) is 9.71. The van der Waals surface area contributed by atoms with E-state index in [1.807, 2.05) is 38.1 Å². The Kier molecular flexibility index (Phi) is 7.08. The zero-order valence-corrected chi connectivity index (χ0v) is 18.7. The maximum Gasteiger partial charge on any atom is 0.252 e. The van der Waals surface area contributed by atoms with Crippen LogP contribution >= 0.6 is 0 Å². The molecule has 0 spiro atoms. The molecule has 2 aromatic rings. The molecule has 2 aromatic carbocycles. The highest BCUT2D eigenvalue weighted by Gasteiger charge is 2.24. The number of rotatable bonds is 7. The van der Waals surface area contributed by atoms with Crippen LogP contribution in [0.15, 0.2) is 47.4 Å². The summed E-state index contributed by atoms with van der Waals surface area (Å²) >= 11 is 0. The molecule has 2 N–H and O–H groups in total. The first-order valence-electron chi connectivity index (χ1n) is 9.61. The highest BCUT2D eigenvalue weighted by molar-refractivity contribution is 7.89. The van der Waals surface area contributed by atoms with Crippen molar-refractivity contribution in [3.05, 3.63) is 59.2 Å². The van der Waals surface area contributed by atoms with Crippen molar-refractivity contribution in [1.82, 2.24) is 10.0 Å². The van der Waals surface area contributed by atoms with Crippen molar-refractivity contribution in [2.45, 2.75) is 58.0 Å². The number of benzene rings is 2. The molecule has 0 fully saturated rings. The highest BCUT2D eigenvalue weighted by Crippen LogP contribution is 2.21. The molecule has 0 aliphatic carbocycles. The van der Waals surface area contributed by atoms with Crippen molar-refractivity contribution in [3.8, 4) is 5.75 Å². The summed E-state index contributed by atoms with van der Waals surface area (Å²) in [6, 6.07) is 11.8. The van der Waals surface area contributed by atoms with Crippen LogP contribution in [-0.4, -0.2) is 26.5 Å². The number of amides is 1. The molecule has 158 valence electrons. The SMILES string of the molecule is CCOc1ccc(C(C)NC(=O)c2cc(S(=O)(=O)NC(C)(C)C)ccc2C)cc1. The van der Waals surface area contributed by atoms with Crippen molar-refractivity contribution in [1.29, 1.82) is 0 Å². The lowest BCUT2D eigenvalue weighted by Crippen LogP contribution is -2.40. The van der Waals surface area contributed by atoms with Gasteiger partial charge >= 0.3 is 0 Å². The van der Waals surface area contributed by atoms with E-state index >= 15 is 0 Å². The second-order valence-electron chi connectivity index (χ2n) is 8.03. The molecule has 29 heavy (non-hydrogen) atoms. The van der Waals surface area contributed by atoms with Crippen molar-refractivity contribution in [2.75, 3.05) is 6.61 Å². The maximum atomic E-state index is 12.8. The molecule has 1 amide bonds. The fraction of sp³-hybridized carbons (Fsp3) is 0.409. The smallest absolute Gasteiger partial charge is 0.252 e. The van der Waals surface area contributed by atoms with Gasteiger partial charge in [-0.25, -0.2) is 13.1 Å². The topological polar surface area (TPSA) is 84.5 Å². The van der Waals surface area contributed by atoms with Crippen molar-refractivity contribution < 1.29 is 17.9 Å². The summed E-state index contributed by atoms with van der Waals surface area (Å²) in [6.45, 7) is 11.5. The average molecular weight is 419 g/mol. The monoisotopic (exact) mass is 418 g/mol. The van der Waals surface area contributed by atoms with Gasteiger partial charge in [0.25, 0.3) is 5.91 Å². The van der Waals surface area contributed by atoms with E-state index in [2.05, 4.69) is 10.0 Å². The van der Waals surface area contributed by atoms with E-state index in [9.17, 15) is 13.2 Å². The molecule has 1 atom stereocenters. The van der Waals surface area contributed by atoms with Gasteiger partial charge in [-0.2, -0.15) is 0 Å². The normalized spacial score (nSPS) is 13.0. The van der Waals surface area contributed by atoms with E-state index in [0.717, 1.165) is 11.3 Å². The summed E-state index contributed by atoms with van der Waals surface area (Å²) in [5.74, 6) is 0.451. The molecule has 0 radical (unpaired) electrons. The highest BCUT2D eigenvalue weighted by atomic mass is 32.2. The third-order valence-corrected chi connectivity index (χ3v) is 6.00. The molecule has 1 unspecified atom stereocenters. The minimum absolute atomic E-state index is 0.0666. The van der Waals surface area contributed by atoms with E-state index < -0.39 is 15.6 Å². The molecule has 2 rings (SSSR count). The summed E-state index contributed by atoms with van der Waals surface area (Å²) in [5.41, 5.74) is 1.35. The van der Waals surface area contributed by atoms with Gasteiger partial charge < -0.3 is 10.1 Å². The Hall–Kier alpha value is -2.38. The van der Waals surface area contributed by atoms with Crippen LogP contribution in [0.1, 0.15) is 62.1 Å². The summed E-state index contributed by atoms with van der Waals surface area (Å²) in [6.07, 6.45) is 0. The van der Waals surface area contributed by atoms with Crippen LogP contribution in [0.5, 0.6) is 5.75 Å². The lowest BCUT2D eigenvalue weighted by atomic mass is 10.1. The van der Waals surface area contributed by atoms with Crippen molar-refractivity contribution in [3.63, 3.8) is 0 Å². The number of ether oxygens (including phenoxy) is 1. The Bertz CT molecular complexity index is 961. The van der Waals surface area contributed by atoms with Crippen LogP contribution in [0.25, 0.3) is 0 Å². The fourth-order valence-corrected chi connectivity index (χ4v) is 4.30. The lowest BCUT2D eigenvalue weighted by molar-refractivity contribution is 0.0939. The van der Waals surface area contributed by atoms with Crippen LogP contribution in [0, 0.1) is 6.92 Å². The summed E-state index contributed by atoms with van der Waals surface area (Å²) in [4.78, 5) is 12.9. The third-order valence-electron chi connectivity index (χ3n) is 4.24. The van der Waals surface area contributed by atoms with Crippen LogP contribution in [0.2, 0.25) is 0 Å². The molecule has 0 bridgehead atoms. The van der Waals surface area contributed by atoms with Gasteiger partial charge in [0.2, 0.25) is 10.0 Å². The molecule has 0 aromatic heterocycles. The minimum atomic E-state index is -3.73. The van der Waals surface area contributed by atoms with Gasteiger partial charge in [-0.15, -0.1) is 0 Å². The number of aryl methyl sites for hydroxylation is 1. The predicted octanol–water partition coefficient (Wildman–Crippen LogP) is 3.96. The van der Waals surface area contributed by atoms with E-state index in [-0.39, 0.29) is 16.8 Å². The first kappa shape index (κ1) is 22.9.